The van der Waals surface area contributed by atoms with Gasteiger partial charge in [0.15, 0.2) is 22.8 Å². The van der Waals surface area contributed by atoms with Crippen LogP contribution >= 0.6 is 0 Å². The van der Waals surface area contributed by atoms with Crippen molar-refractivity contribution in [2.24, 2.45) is 5.73 Å². The standard InChI is InChI=1S/C23H22N6O4/c1-32-19-8-3-14(11-20(19)33-2)18-9-10-25-21-12-17(28-29(18)21)23(31)27-16-6-4-15(5-7-16)26-22(30)13-24/h3-12H,13,24H2,1-2H3,(H,26,30)(H,27,31). The summed E-state index contributed by atoms with van der Waals surface area (Å²) in [6, 6.07) is 15.6. The van der Waals surface area contributed by atoms with Gasteiger partial charge in [0.05, 0.1) is 26.5 Å². The molecule has 0 bridgehead atoms. The maximum atomic E-state index is 12.8. The second kappa shape index (κ2) is 9.37. The minimum absolute atomic E-state index is 0.105. The number of aromatic nitrogens is 3. The number of amides is 2. The molecule has 4 rings (SSSR count). The van der Waals surface area contributed by atoms with E-state index in [2.05, 4.69) is 20.7 Å². The molecule has 4 aromatic rings. The molecule has 0 saturated carbocycles. The van der Waals surface area contributed by atoms with E-state index in [4.69, 9.17) is 15.2 Å². The summed E-state index contributed by atoms with van der Waals surface area (Å²) in [6.45, 7) is -0.105. The van der Waals surface area contributed by atoms with Gasteiger partial charge in [0.1, 0.15) is 0 Å². The predicted molar refractivity (Wildman–Crippen MR) is 124 cm³/mol. The number of methoxy groups -OCH3 is 2. The fourth-order valence-corrected chi connectivity index (χ4v) is 3.26. The third-order valence-electron chi connectivity index (χ3n) is 4.88. The molecular weight excluding hydrogens is 424 g/mol. The summed E-state index contributed by atoms with van der Waals surface area (Å²) in [5, 5.41) is 9.88. The summed E-state index contributed by atoms with van der Waals surface area (Å²) in [5.74, 6) is 0.503. The number of carbonyl (C=O) groups excluding carboxylic acids is 2. The van der Waals surface area contributed by atoms with Crippen molar-refractivity contribution < 1.29 is 19.1 Å². The third kappa shape index (κ3) is 4.60. The molecule has 2 aromatic heterocycles. The number of fused-ring (bicyclic) bond motifs is 1. The average molecular weight is 446 g/mol. The molecule has 0 radical (unpaired) electrons. The number of rotatable bonds is 7. The molecule has 4 N–H and O–H groups in total. The lowest BCUT2D eigenvalue weighted by molar-refractivity contribution is -0.114. The van der Waals surface area contributed by atoms with Gasteiger partial charge in [-0.1, -0.05) is 0 Å². The van der Waals surface area contributed by atoms with Crippen molar-refractivity contribution in [1.29, 1.82) is 0 Å². The molecule has 0 aliphatic heterocycles. The molecule has 0 aliphatic rings. The number of nitrogens with zero attached hydrogens (tertiary/aromatic N) is 3. The fourth-order valence-electron chi connectivity index (χ4n) is 3.26. The molecule has 10 nitrogen and oxygen atoms in total. The Balaban J connectivity index is 1.59. The van der Waals surface area contributed by atoms with Crippen molar-refractivity contribution >= 4 is 28.8 Å². The molecule has 2 aromatic carbocycles. The largest absolute Gasteiger partial charge is 0.493 e. The second-order valence-corrected chi connectivity index (χ2v) is 6.98. The summed E-state index contributed by atoms with van der Waals surface area (Å²) < 4.78 is 12.3. The van der Waals surface area contributed by atoms with E-state index in [-0.39, 0.29) is 18.1 Å². The van der Waals surface area contributed by atoms with E-state index in [1.165, 1.54) is 0 Å². The Hall–Kier alpha value is -4.44. The van der Waals surface area contributed by atoms with Gasteiger partial charge in [-0.05, 0) is 48.5 Å². The van der Waals surface area contributed by atoms with Crippen LogP contribution in [0.3, 0.4) is 0 Å². The van der Waals surface area contributed by atoms with Gasteiger partial charge in [-0.2, -0.15) is 5.10 Å². The first kappa shape index (κ1) is 21.8. The number of nitrogens with two attached hydrogens (primary N) is 1. The highest BCUT2D eigenvalue weighted by Crippen LogP contribution is 2.32. The fraction of sp³-hybridized carbons (Fsp3) is 0.130. The Bertz CT molecular complexity index is 1320. The highest BCUT2D eigenvalue weighted by atomic mass is 16.5. The van der Waals surface area contributed by atoms with Gasteiger partial charge in [-0.3, -0.25) is 9.59 Å². The predicted octanol–water partition coefficient (Wildman–Crippen LogP) is 2.56. The number of benzene rings is 2. The molecule has 0 fully saturated rings. The van der Waals surface area contributed by atoms with E-state index < -0.39 is 5.91 Å². The van der Waals surface area contributed by atoms with Gasteiger partial charge in [0, 0.05) is 29.2 Å². The Morgan fingerprint density at radius 3 is 2.30 bits per heavy atom. The first-order chi connectivity index (χ1) is 16.0. The molecule has 10 heteroatoms. The number of hydrogen-bond donors (Lipinski definition) is 3. The minimum Gasteiger partial charge on any atom is -0.493 e. The van der Waals surface area contributed by atoms with E-state index in [1.54, 1.807) is 67.4 Å². The second-order valence-electron chi connectivity index (χ2n) is 6.98. The van der Waals surface area contributed by atoms with Gasteiger partial charge in [0.2, 0.25) is 5.91 Å². The molecule has 2 heterocycles. The van der Waals surface area contributed by atoms with Crippen molar-refractivity contribution in [1.82, 2.24) is 14.6 Å². The summed E-state index contributed by atoms with van der Waals surface area (Å²) in [6.07, 6.45) is 1.65. The highest BCUT2D eigenvalue weighted by Gasteiger charge is 2.15. The van der Waals surface area contributed by atoms with Crippen LogP contribution in [0.5, 0.6) is 11.5 Å². The summed E-state index contributed by atoms with van der Waals surface area (Å²) in [5.41, 5.74) is 8.71. The van der Waals surface area contributed by atoms with Gasteiger partial charge < -0.3 is 25.8 Å². The number of anilines is 2. The molecule has 0 unspecified atom stereocenters. The Morgan fingerprint density at radius 2 is 1.64 bits per heavy atom. The first-order valence-electron chi connectivity index (χ1n) is 10.0. The number of hydrogen-bond acceptors (Lipinski definition) is 7. The lowest BCUT2D eigenvalue weighted by atomic mass is 10.1. The third-order valence-corrected chi connectivity index (χ3v) is 4.88. The van der Waals surface area contributed by atoms with Crippen LogP contribution in [0.4, 0.5) is 11.4 Å². The van der Waals surface area contributed by atoms with Crippen LogP contribution in [0.2, 0.25) is 0 Å². The molecule has 33 heavy (non-hydrogen) atoms. The van der Waals surface area contributed by atoms with Gasteiger partial charge in [-0.25, -0.2) is 9.50 Å². The van der Waals surface area contributed by atoms with Gasteiger partial charge in [-0.15, -0.1) is 0 Å². The SMILES string of the molecule is COc1ccc(-c2ccnc3cc(C(=O)Nc4ccc(NC(=O)CN)cc4)nn23)cc1OC. The lowest BCUT2D eigenvalue weighted by Crippen LogP contribution is -2.21. The maximum Gasteiger partial charge on any atom is 0.276 e. The number of ether oxygens (including phenoxy) is 2. The van der Waals surface area contributed by atoms with Crippen LogP contribution in [0, 0.1) is 0 Å². The van der Waals surface area contributed by atoms with Crippen molar-refractivity contribution in [3.8, 4) is 22.8 Å². The van der Waals surface area contributed by atoms with Crippen LogP contribution < -0.4 is 25.8 Å². The molecule has 2 amide bonds. The Morgan fingerprint density at radius 1 is 0.939 bits per heavy atom. The Kier molecular flexibility index (Phi) is 6.18. The van der Waals surface area contributed by atoms with Crippen LogP contribution in [-0.4, -0.2) is 47.2 Å². The maximum absolute atomic E-state index is 12.8. The zero-order valence-corrected chi connectivity index (χ0v) is 18.0. The average Bonchev–Trinajstić information content (AvgIpc) is 3.29. The van der Waals surface area contributed by atoms with Crippen molar-refractivity contribution in [3.63, 3.8) is 0 Å². The Labute approximate surface area is 189 Å². The number of nitrogens with one attached hydrogen (secondary N) is 2. The minimum atomic E-state index is -0.391. The first-order valence-corrected chi connectivity index (χ1v) is 10.0. The summed E-state index contributed by atoms with van der Waals surface area (Å²) in [7, 11) is 3.14. The number of carbonyl (C=O) groups is 2. The van der Waals surface area contributed by atoms with E-state index >= 15 is 0 Å². The molecule has 168 valence electrons. The normalized spacial score (nSPS) is 10.6. The smallest absolute Gasteiger partial charge is 0.276 e. The molecule has 0 saturated heterocycles. The van der Waals surface area contributed by atoms with Gasteiger partial charge in [0.25, 0.3) is 5.91 Å². The molecule has 0 aliphatic carbocycles. The zero-order chi connectivity index (χ0) is 23.4. The highest BCUT2D eigenvalue weighted by molar-refractivity contribution is 6.03. The van der Waals surface area contributed by atoms with E-state index in [0.29, 0.717) is 28.5 Å². The van der Waals surface area contributed by atoms with Crippen molar-refractivity contribution in [2.75, 3.05) is 31.4 Å². The quantitative estimate of drug-likeness (QED) is 0.397. The summed E-state index contributed by atoms with van der Waals surface area (Å²) >= 11 is 0. The molecular formula is C23H22N6O4. The van der Waals surface area contributed by atoms with Crippen LogP contribution in [0.15, 0.2) is 60.8 Å². The lowest BCUT2D eigenvalue weighted by Gasteiger charge is -2.10. The van der Waals surface area contributed by atoms with Crippen LogP contribution in [0.25, 0.3) is 16.9 Å². The van der Waals surface area contributed by atoms with Crippen molar-refractivity contribution in [3.05, 3.63) is 66.5 Å². The van der Waals surface area contributed by atoms with E-state index in [0.717, 1.165) is 11.3 Å². The van der Waals surface area contributed by atoms with Crippen molar-refractivity contribution in [2.45, 2.75) is 0 Å². The van der Waals surface area contributed by atoms with E-state index in [9.17, 15) is 9.59 Å². The molecule has 0 spiro atoms. The van der Waals surface area contributed by atoms with Gasteiger partial charge >= 0.3 is 0 Å². The molecule has 0 atom stereocenters. The van der Waals surface area contributed by atoms with Crippen LogP contribution in [0.1, 0.15) is 10.5 Å². The topological polar surface area (TPSA) is 133 Å². The van der Waals surface area contributed by atoms with Crippen LogP contribution in [-0.2, 0) is 4.79 Å². The zero-order valence-electron chi connectivity index (χ0n) is 18.0. The monoisotopic (exact) mass is 446 g/mol. The summed E-state index contributed by atoms with van der Waals surface area (Å²) in [4.78, 5) is 28.5. The van der Waals surface area contributed by atoms with E-state index in [1.807, 2.05) is 12.1 Å².